The van der Waals surface area contributed by atoms with E-state index in [2.05, 4.69) is 22.9 Å². The van der Waals surface area contributed by atoms with Gasteiger partial charge >= 0.3 is 0 Å². The van der Waals surface area contributed by atoms with E-state index < -0.39 is 0 Å². The summed E-state index contributed by atoms with van der Waals surface area (Å²) in [6.07, 6.45) is 4.44. The van der Waals surface area contributed by atoms with Gasteiger partial charge in [-0.2, -0.15) is 0 Å². The minimum atomic E-state index is 1.04. The molecule has 0 N–H and O–H groups in total. The van der Waals surface area contributed by atoms with Crippen LogP contribution in [0.5, 0.6) is 0 Å². The first-order valence-electron chi connectivity index (χ1n) is 4.78. The maximum absolute atomic E-state index is 3.78. The van der Waals surface area contributed by atoms with E-state index >= 15 is 0 Å². The summed E-state index contributed by atoms with van der Waals surface area (Å²) in [5, 5.41) is 2.22. The molecule has 0 fully saturated rings. The third-order valence-electron chi connectivity index (χ3n) is 2.58. The molecule has 1 aliphatic heterocycles. The molecule has 1 nitrogen and oxygen atoms in total. The van der Waals surface area contributed by atoms with Crippen molar-refractivity contribution in [1.82, 2.24) is 4.90 Å². The van der Waals surface area contributed by atoms with Gasteiger partial charge in [-0.15, -0.1) is 17.9 Å². The fraction of sp³-hybridized carbons (Fsp3) is 0.455. The highest BCUT2D eigenvalue weighted by Gasteiger charge is 2.12. The minimum absolute atomic E-state index is 1.04. The summed E-state index contributed by atoms with van der Waals surface area (Å²) in [4.78, 5) is 4.06. The number of fused-ring (bicyclic) bond motifs is 1. The number of hydrogen-bond acceptors (Lipinski definition) is 2. The zero-order valence-corrected chi connectivity index (χ0v) is 8.65. The van der Waals surface area contributed by atoms with Crippen LogP contribution < -0.4 is 0 Å². The maximum Gasteiger partial charge on any atom is 0.0160 e. The van der Waals surface area contributed by atoms with E-state index in [0.29, 0.717) is 0 Å². The molecule has 0 atom stereocenters. The van der Waals surface area contributed by atoms with Crippen LogP contribution in [-0.4, -0.2) is 24.5 Å². The van der Waals surface area contributed by atoms with Gasteiger partial charge in [0.15, 0.2) is 0 Å². The lowest BCUT2D eigenvalue weighted by atomic mass is 10.2. The van der Waals surface area contributed by atoms with E-state index in [0.717, 1.165) is 6.54 Å². The second-order valence-electron chi connectivity index (χ2n) is 3.46. The summed E-state index contributed by atoms with van der Waals surface area (Å²) in [5.74, 6) is 0. The molecule has 0 aliphatic carbocycles. The van der Waals surface area contributed by atoms with Crippen molar-refractivity contribution in [3.05, 3.63) is 34.5 Å². The monoisotopic (exact) mass is 193 g/mol. The van der Waals surface area contributed by atoms with Gasteiger partial charge in [0.1, 0.15) is 0 Å². The average molecular weight is 193 g/mol. The Morgan fingerprint density at radius 3 is 3.15 bits per heavy atom. The molecule has 0 amide bonds. The molecule has 0 aromatic carbocycles. The van der Waals surface area contributed by atoms with Crippen molar-refractivity contribution in [2.75, 3.05) is 19.6 Å². The first-order valence-corrected chi connectivity index (χ1v) is 5.66. The van der Waals surface area contributed by atoms with Gasteiger partial charge in [0.05, 0.1) is 0 Å². The Hall–Kier alpha value is -0.600. The van der Waals surface area contributed by atoms with E-state index in [1.54, 1.807) is 10.4 Å². The first-order chi connectivity index (χ1) is 6.40. The molecule has 0 saturated heterocycles. The third-order valence-corrected chi connectivity index (χ3v) is 3.60. The topological polar surface area (TPSA) is 3.24 Å². The number of hydrogen-bond donors (Lipinski definition) is 0. The van der Waals surface area contributed by atoms with Crippen LogP contribution >= 0.6 is 11.3 Å². The number of nitrogens with zero attached hydrogens (tertiary/aromatic N) is 1. The predicted octanol–water partition coefficient (Wildman–Crippen LogP) is 2.33. The quantitative estimate of drug-likeness (QED) is 0.652. The summed E-state index contributed by atoms with van der Waals surface area (Å²) in [6.45, 7) is 7.20. The van der Waals surface area contributed by atoms with E-state index in [-0.39, 0.29) is 0 Å². The Bertz CT molecular complexity index is 268. The van der Waals surface area contributed by atoms with Crippen LogP contribution in [0.2, 0.25) is 0 Å². The van der Waals surface area contributed by atoms with E-state index in [4.69, 9.17) is 0 Å². The van der Waals surface area contributed by atoms with Gasteiger partial charge in [0.25, 0.3) is 0 Å². The van der Waals surface area contributed by atoms with Crippen molar-refractivity contribution in [3.63, 3.8) is 0 Å². The van der Waals surface area contributed by atoms with Crippen LogP contribution in [0.4, 0.5) is 0 Å². The van der Waals surface area contributed by atoms with Gasteiger partial charge in [-0.05, 0) is 29.9 Å². The normalized spacial score (nSPS) is 17.8. The molecule has 1 aromatic heterocycles. The molecule has 13 heavy (non-hydrogen) atoms. The highest BCUT2D eigenvalue weighted by Crippen LogP contribution is 2.21. The molecule has 1 aliphatic rings. The van der Waals surface area contributed by atoms with Crippen molar-refractivity contribution >= 4 is 11.3 Å². The molecule has 70 valence electrons. The zero-order chi connectivity index (χ0) is 9.10. The van der Waals surface area contributed by atoms with E-state index in [9.17, 15) is 0 Å². The van der Waals surface area contributed by atoms with Crippen molar-refractivity contribution in [2.45, 2.75) is 12.8 Å². The second-order valence-corrected chi connectivity index (χ2v) is 4.46. The summed E-state index contributed by atoms with van der Waals surface area (Å²) < 4.78 is 0. The van der Waals surface area contributed by atoms with Gasteiger partial charge in [-0.25, -0.2) is 0 Å². The van der Waals surface area contributed by atoms with Crippen LogP contribution in [0.15, 0.2) is 24.1 Å². The fourth-order valence-corrected chi connectivity index (χ4v) is 2.75. The van der Waals surface area contributed by atoms with Crippen LogP contribution in [0.1, 0.15) is 10.4 Å². The van der Waals surface area contributed by atoms with Crippen LogP contribution in [0, 0.1) is 0 Å². The fourth-order valence-electron chi connectivity index (χ4n) is 1.82. The Balaban J connectivity index is 2.03. The molecule has 0 saturated carbocycles. The first kappa shape index (κ1) is 8.97. The summed E-state index contributed by atoms with van der Waals surface area (Å²) in [5.41, 5.74) is 1.57. The summed E-state index contributed by atoms with van der Waals surface area (Å²) in [7, 11) is 0. The molecule has 0 radical (unpaired) electrons. The smallest absolute Gasteiger partial charge is 0.0160 e. The molecule has 0 spiro atoms. The lowest BCUT2D eigenvalue weighted by molar-refractivity contribution is 0.319. The Kier molecular flexibility index (Phi) is 2.81. The standard InChI is InChI=1S/C11H15NS/c1-2-6-12-7-3-10-5-9-13-11(10)4-8-12/h2,5,9H,1,3-4,6-8H2. The van der Waals surface area contributed by atoms with Crippen LogP contribution in [-0.2, 0) is 12.8 Å². The molecule has 0 unspecified atom stereocenters. The highest BCUT2D eigenvalue weighted by molar-refractivity contribution is 7.10. The summed E-state index contributed by atoms with van der Waals surface area (Å²) >= 11 is 1.91. The molecule has 1 aromatic rings. The van der Waals surface area contributed by atoms with Gasteiger partial charge in [0.2, 0.25) is 0 Å². The predicted molar refractivity (Wildman–Crippen MR) is 58.4 cm³/mol. The van der Waals surface area contributed by atoms with Crippen molar-refractivity contribution in [1.29, 1.82) is 0 Å². The largest absolute Gasteiger partial charge is 0.299 e. The van der Waals surface area contributed by atoms with Gasteiger partial charge in [0, 0.05) is 24.5 Å². The minimum Gasteiger partial charge on any atom is -0.299 e. The molecule has 2 heteroatoms. The van der Waals surface area contributed by atoms with Gasteiger partial charge < -0.3 is 0 Å². The van der Waals surface area contributed by atoms with E-state index in [1.807, 2.05) is 17.4 Å². The summed E-state index contributed by atoms with van der Waals surface area (Å²) in [6, 6.07) is 2.28. The van der Waals surface area contributed by atoms with E-state index in [1.165, 1.54) is 25.9 Å². The van der Waals surface area contributed by atoms with Crippen LogP contribution in [0.25, 0.3) is 0 Å². The number of rotatable bonds is 2. The molecular weight excluding hydrogens is 178 g/mol. The Labute approximate surface area is 83.7 Å². The Morgan fingerprint density at radius 2 is 2.31 bits per heavy atom. The van der Waals surface area contributed by atoms with Gasteiger partial charge in [-0.3, -0.25) is 4.90 Å². The third kappa shape index (κ3) is 2.01. The van der Waals surface area contributed by atoms with Crippen LogP contribution in [0.3, 0.4) is 0 Å². The zero-order valence-electron chi connectivity index (χ0n) is 7.83. The lowest BCUT2D eigenvalue weighted by Crippen LogP contribution is -2.26. The average Bonchev–Trinajstić information content (AvgIpc) is 2.50. The van der Waals surface area contributed by atoms with Crippen molar-refractivity contribution in [2.24, 2.45) is 0 Å². The number of thiophene rings is 1. The van der Waals surface area contributed by atoms with Crippen molar-refractivity contribution in [3.8, 4) is 0 Å². The maximum atomic E-state index is 3.78. The Morgan fingerprint density at radius 1 is 1.46 bits per heavy atom. The lowest BCUT2D eigenvalue weighted by Gasteiger charge is -2.16. The highest BCUT2D eigenvalue weighted by atomic mass is 32.1. The van der Waals surface area contributed by atoms with Crippen molar-refractivity contribution < 1.29 is 0 Å². The van der Waals surface area contributed by atoms with Gasteiger partial charge in [-0.1, -0.05) is 6.08 Å². The SMILES string of the molecule is C=CCN1CCc2ccsc2CC1. The molecule has 2 heterocycles. The second kappa shape index (κ2) is 4.07. The molecule has 0 bridgehead atoms. The molecule has 2 rings (SSSR count). The molecular formula is C11H15NS.